The second-order valence-corrected chi connectivity index (χ2v) is 8.56. The van der Waals surface area contributed by atoms with Gasteiger partial charge in [0.2, 0.25) is 0 Å². The van der Waals surface area contributed by atoms with Crippen LogP contribution in [0.2, 0.25) is 0 Å². The molecule has 2 aliphatic heterocycles. The van der Waals surface area contributed by atoms with Crippen LogP contribution in [-0.2, 0) is 12.0 Å². The molecule has 0 bridgehead atoms. The van der Waals surface area contributed by atoms with E-state index < -0.39 is 0 Å². The van der Waals surface area contributed by atoms with Gasteiger partial charge in [0, 0.05) is 18.4 Å². The fourth-order valence-corrected chi connectivity index (χ4v) is 4.79. The van der Waals surface area contributed by atoms with E-state index in [2.05, 4.69) is 57.3 Å². The number of hydrazine groups is 1. The Morgan fingerprint density at radius 3 is 2.62 bits per heavy atom. The molecule has 0 saturated carbocycles. The van der Waals surface area contributed by atoms with Gasteiger partial charge in [-0.25, -0.2) is 14.8 Å². The Labute approximate surface area is 202 Å². The SMILES string of the molecule is CC.CCc1cc(/C=C/C2=NCC3(c4ccc(F)cc4)CCCNN23)ccc1-n1cnc(C)c1. The molecule has 0 amide bonds. The highest BCUT2D eigenvalue weighted by Crippen LogP contribution is 2.39. The minimum atomic E-state index is -0.247. The standard InChI is InChI=1S/C26H28FN5.C2H6/c1-3-21-15-20(5-11-24(21)31-16-19(2)29-18-31)6-12-25-28-17-26(13-4-14-30-32(25)26)22-7-9-23(27)10-8-22;1-2/h5-12,15-16,18,30H,3-4,13-14,17H2,1-2H3;1-2H3/b12-6+;. The highest BCUT2D eigenvalue weighted by Gasteiger charge is 2.45. The van der Waals surface area contributed by atoms with Gasteiger partial charge in [0.25, 0.3) is 0 Å². The summed E-state index contributed by atoms with van der Waals surface area (Å²) in [6.07, 6.45) is 11.1. The van der Waals surface area contributed by atoms with E-state index >= 15 is 0 Å². The first-order valence-corrected chi connectivity index (χ1v) is 12.3. The van der Waals surface area contributed by atoms with Crippen molar-refractivity contribution in [2.24, 2.45) is 4.99 Å². The van der Waals surface area contributed by atoms with Crippen molar-refractivity contribution in [2.75, 3.05) is 13.1 Å². The van der Waals surface area contributed by atoms with E-state index in [-0.39, 0.29) is 11.4 Å². The number of hydrogen-bond acceptors (Lipinski definition) is 4. The molecule has 0 aliphatic carbocycles. The second-order valence-electron chi connectivity index (χ2n) is 8.56. The third kappa shape index (κ3) is 4.55. The zero-order chi connectivity index (χ0) is 24.1. The molecule has 178 valence electrons. The monoisotopic (exact) mass is 459 g/mol. The summed E-state index contributed by atoms with van der Waals surface area (Å²) < 4.78 is 15.6. The van der Waals surface area contributed by atoms with Crippen molar-refractivity contribution in [2.45, 2.75) is 52.5 Å². The van der Waals surface area contributed by atoms with Gasteiger partial charge in [0.1, 0.15) is 17.2 Å². The van der Waals surface area contributed by atoms with Crippen molar-refractivity contribution < 1.29 is 4.39 Å². The third-order valence-corrected chi connectivity index (χ3v) is 6.48. The fourth-order valence-electron chi connectivity index (χ4n) is 4.79. The summed E-state index contributed by atoms with van der Waals surface area (Å²) >= 11 is 0. The van der Waals surface area contributed by atoms with Gasteiger partial charge in [0.05, 0.1) is 18.6 Å². The predicted octanol–water partition coefficient (Wildman–Crippen LogP) is 5.83. The molecule has 2 aromatic carbocycles. The lowest BCUT2D eigenvalue weighted by atomic mass is 9.84. The largest absolute Gasteiger partial charge is 0.306 e. The number of halogens is 1. The zero-order valence-corrected chi connectivity index (χ0v) is 20.6. The normalized spacial score (nSPS) is 19.6. The van der Waals surface area contributed by atoms with Gasteiger partial charge in [-0.2, -0.15) is 0 Å². The van der Waals surface area contributed by atoms with Crippen molar-refractivity contribution in [1.82, 2.24) is 20.0 Å². The molecule has 3 aromatic rings. The minimum Gasteiger partial charge on any atom is -0.306 e. The van der Waals surface area contributed by atoms with Gasteiger partial charge >= 0.3 is 0 Å². The van der Waals surface area contributed by atoms with Crippen molar-refractivity contribution in [3.63, 3.8) is 0 Å². The van der Waals surface area contributed by atoms with Crippen molar-refractivity contribution in [3.8, 4) is 5.69 Å². The maximum absolute atomic E-state index is 13.5. The Kier molecular flexibility index (Phi) is 7.27. The number of aliphatic imine (C=N–C) groups is 1. The quantitative estimate of drug-likeness (QED) is 0.522. The van der Waals surface area contributed by atoms with Crippen LogP contribution in [0.15, 0.2) is 66.1 Å². The highest BCUT2D eigenvalue weighted by molar-refractivity contribution is 5.98. The molecule has 5 nitrogen and oxygen atoms in total. The van der Waals surface area contributed by atoms with Crippen LogP contribution in [0.25, 0.3) is 11.8 Å². The zero-order valence-electron chi connectivity index (χ0n) is 20.6. The molecule has 5 rings (SSSR count). The van der Waals surface area contributed by atoms with E-state index in [1.54, 1.807) is 12.1 Å². The molecule has 0 spiro atoms. The minimum absolute atomic E-state index is 0.208. The number of nitrogens with zero attached hydrogens (tertiary/aromatic N) is 4. The van der Waals surface area contributed by atoms with E-state index in [1.165, 1.54) is 5.56 Å². The molecule has 34 heavy (non-hydrogen) atoms. The number of benzene rings is 2. The number of imidazole rings is 1. The van der Waals surface area contributed by atoms with E-state index in [1.807, 2.05) is 45.4 Å². The molecule has 6 heteroatoms. The van der Waals surface area contributed by atoms with Crippen LogP contribution in [0.4, 0.5) is 4.39 Å². The summed E-state index contributed by atoms with van der Waals surface area (Å²) in [7, 11) is 0. The number of rotatable bonds is 5. The number of hydrogen-bond donors (Lipinski definition) is 1. The van der Waals surface area contributed by atoms with Crippen molar-refractivity contribution in [3.05, 3.63) is 89.3 Å². The van der Waals surface area contributed by atoms with Gasteiger partial charge in [-0.15, -0.1) is 0 Å². The first-order chi connectivity index (χ1) is 16.6. The Morgan fingerprint density at radius 1 is 1.12 bits per heavy atom. The van der Waals surface area contributed by atoms with Crippen molar-refractivity contribution in [1.29, 1.82) is 0 Å². The summed E-state index contributed by atoms with van der Waals surface area (Å²) in [6, 6.07) is 13.4. The van der Waals surface area contributed by atoms with Crippen LogP contribution in [0.5, 0.6) is 0 Å². The Balaban J connectivity index is 0.00000133. The van der Waals surface area contributed by atoms with E-state index in [9.17, 15) is 4.39 Å². The van der Waals surface area contributed by atoms with E-state index in [4.69, 9.17) is 4.99 Å². The summed E-state index contributed by atoms with van der Waals surface area (Å²) in [4.78, 5) is 9.22. The van der Waals surface area contributed by atoms with Crippen LogP contribution in [0, 0.1) is 12.7 Å². The van der Waals surface area contributed by atoms with Crippen LogP contribution in [0.1, 0.15) is 56.0 Å². The van der Waals surface area contributed by atoms with Gasteiger partial charge < -0.3 is 4.57 Å². The first-order valence-electron chi connectivity index (χ1n) is 12.3. The van der Waals surface area contributed by atoms with Crippen LogP contribution >= 0.6 is 0 Å². The Bertz CT molecular complexity index is 1180. The Hall–Kier alpha value is -3.25. The molecular formula is C28H34FN5. The number of fused-ring (bicyclic) bond motifs is 1. The van der Waals surface area contributed by atoms with Gasteiger partial charge in [-0.3, -0.25) is 10.0 Å². The van der Waals surface area contributed by atoms with E-state index in [0.717, 1.165) is 54.2 Å². The number of amidine groups is 1. The smallest absolute Gasteiger partial charge is 0.138 e. The lowest BCUT2D eigenvalue weighted by molar-refractivity contribution is 0.0916. The predicted molar refractivity (Wildman–Crippen MR) is 138 cm³/mol. The second kappa shape index (κ2) is 10.3. The molecule has 1 N–H and O–H groups in total. The highest BCUT2D eigenvalue weighted by atomic mass is 19.1. The van der Waals surface area contributed by atoms with Gasteiger partial charge in [-0.1, -0.05) is 45.0 Å². The molecule has 2 aliphatic rings. The number of nitrogens with one attached hydrogen (secondary N) is 1. The summed E-state index contributed by atoms with van der Waals surface area (Å²) in [5.74, 6) is 0.710. The van der Waals surface area contributed by atoms with Gasteiger partial charge in [-0.05, 0) is 73.2 Å². The lowest BCUT2D eigenvalue weighted by Crippen LogP contribution is -2.57. The summed E-state index contributed by atoms with van der Waals surface area (Å²) in [5.41, 5.74) is 8.97. The molecule has 0 radical (unpaired) electrons. The summed E-state index contributed by atoms with van der Waals surface area (Å²) in [6.45, 7) is 9.76. The molecule has 1 unspecified atom stereocenters. The lowest BCUT2D eigenvalue weighted by Gasteiger charge is -2.43. The van der Waals surface area contributed by atoms with Crippen molar-refractivity contribution >= 4 is 11.9 Å². The first kappa shape index (κ1) is 23.9. The maximum Gasteiger partial charge on any atom is 0.138 e. The number of aryl methyl sites for hydroxylation is 2. The third-order valence-electron chi connectivity index (χ3n) is 6.48. The molecule has 1 saturated heterocycles. The van der Waals surface area contributed by atoms with Gasteiger partial charge in [0.15, 0.2) is 0 Å². The van der Waals surface area contributed by atoms with Crippen LogP contribution < -0.4 is 5.43 Å². The molecule has 1 fully saturated rings. The molecular weight excluding hydrogens is 425 g/mol. The number of aromatic nitrogens is 2. The molecule has 1 atom stereocenters. The maximum atomic E-state index is 13.5. The van der Waals surface area contributed by atoms with Crippen LogP contribution in [-0.4, -0.2) is 33.5 Å². The summed E-state index contributed by atoms with van der Waals surface area (Å²) in [5, 5.41) is 2.18. The van der Waals surface area contributed by atoms with E-state index in [0.29, 0.717) is 6.54 Å². The van der Waals surface area contributed by atoms with Crippen LogP contribution in [0.3, 0.4) is 0 Å². The average molecular weight is 460 g/mol. The topological polar surface area (TPSA) is 45.5 Å². The average Bonchev–Trinajstić information content (AvgIpc) is 3.48. The molecule has 3 heterocycles. The Morgan fingerprint density at radius 2 is 1.91 bits per heavy atom. The fraction of sp³-hybridized carbons (Fsp3) is 0.357. The molecule has 1 aromatic heterocycles.